The van der Waals surface area contributed by atoms with Crippen molar-refractivity contribution in [3.05, 3.63) is 89.6 Å². The minimum absolute atomic E-state index is 0.113. The topological polar surface area (TPSA) is 84.6 Å². The van der Waals surface area contributed by atoms with E-state index in [1.807, 2.05) is 24.3 Å². The summed E-state index contributed by atoms with van der Waals surface area (Å²) in [7, 11) is 3.08. The lowest BCUT2D eigenvalue weighted by Crippen LogP contribution is -2.42. The van der Waals surface area contributed by atoms with Crippen LogP contribution in [0, 0.1) is 5.82 Å². The summed E-state index contributed by atoms with van der Waals surface area (Å²) in [4.78, 5) is 27.8. The Labute approximate surface area is 202 Å². The standard InChI is InChI=1S/C26H26FN3O5/c1-33-14-12-29(26(32)24-11-6-13-35-24)17-25(31)30-23(20-9-3-4-10-21(20)27)16-22(28-30)18-7-5-8-19(15-18)34-2/h3-11,13,15,23H,12,14,16-17H2,1-2H3/t23-/m1/s1. The Hall–Kier alpha value is -3.98. The Balaban J connectivity index is 1.65. The van der Waals surface area contributed by atoms with Gasteiger partial charge in [0.15, 0.2) is 5.76 Å². The van der Waals surface area contributed by atoms with Gasteiger partial charge in [-0.2, -0.15) is 5.10 Å². The molecule has 0 radical (unpaired) electrons. The third-order valence-electron chi connectivity index (χ3n) is 5.74. The first-order valence-corrected chi connectivity index (χ1v) is 11.1. The van der Waals surface area contributed by atoms with Crippen molar-refractivity contribution < 1.29 is 27.9 Å². The molecule has 0 unspecified atom stereocenters. The van der Waals surface area contributed by atoms with Gasteiger partial charge in [0.25, 0.3) is 11.8 Å². The van der Waals surface area contributed by atoms with Gasteiger partial charge in [-0.25, -0.2) is 9.40 Å². The fraction of sp³-hybridized carbons (Fsp3) is 0.269. The lowest BCUT2D eigenvalue weighted by atomic mass is 9.98. The highest BCUT2D eigenvalue weighted by molar-refractivity contribution is 6.04. The number of hydrogen-bond donors (Lipinski definition) is 0. The first kappa shape index (κ1) is 24.2. The summed E-state index contributed by atoms with van der Waals surface area (Å²) in [6, 6.07) is 16.1. The summed E-state index contributed by atoms with van der Waals surface area (Å²) in [5, 5.41) is 5.84. The summed E-state index contributed by atoms with van der Waals surface area (Å²) < 4.78 is 30.4. The summed E-state index contributed by atoms with van der Waals surface area (Å²) in [6.07, 6.45) is 1.70. The van der Waals surface area contributed by atoms with Crippen LogP contribution in [-0.2, 0) is 9.53 Å². The average molecular weight is 480 g/mol. The van der Waals surface area contributed by atoms with Crippen LogP contribution in [0.4, 0.5) is 4.39 Å². The molecular formula is C26H26FN3O5. The van der Waals surface area contributed by atoms with Crippen LogP contribution in [0.25, 0.3) is 0 Å². The Kier molecular flexibility index (Phi) is 7.57. The van der Waals surface area contributed by atoms with Crippen molar-refractivity contribution in [2.75, 3.05) is 33.9 Å². The summed E-state index contributed by atoms with van der Waals surface area (Å²) in [6.45, 7) is 0.129. The van der Waals surface area contributed by atoms with Crippen molar-refractivity contribution in [3.8, 4) is 5.75 Å². The van der Waals surface area contributed by atoms with E-state index in [1.165, 1.54) is 35.4 Å². The second kappa shape index (κ2) is 11.0. The third-order valence-corrected chi connectivity index (χ3v) is 5.74. The molecule has 2 heterocycles. The Bertz CT molecular complexity index is 1210. The maximum atomic E-state index is 14.8. The lowest BCUT2D eigenvalue weighted by molar-refractivity contribution is -0.133. The monoisotopic (exact) mass is 479 g/mol. The quantitative estimate of drug-likeness (QED) is 0.465. The highest BCUT2D eigenvalue weighted by Gasteiger charge is 2.36. The number of halogens is 1. The van der Waals surface area contributed by atoms with E-state index in [0.717, 1.165) is 5.56 Å². The molecule has 0 fully saturated rings. The van der Waals surface area contributed by atoms with Gasteiger partial charge in [-0.1, -0.05) is 30.3 Å². The number of carbonyl (C=O) groups is 2. The molecule has 0 aliphatic carbocycles. The van der Waals surface area contributed by atoms with E-state index < -0.39 is 23.7 Å². The number of hydrogen-bond acceptors (Lipinski definition) is 6. The molecule has 2 aromatic carbocycles. The van der Waals surface area contributed by atoms with Crippen molar-refractivity contribution >= 4 is 17.5 Å². The van der Waals surface area contributed by atoms with Crippen molar-refractivity contribution in [3.63, 3.8) is 0 Å². The van der Waals surface area contributed by atoms with E-state index >= 15 is 0 Å². The zero-order valence-electron chi connectivity index (χ0n) is 19.5. The number of carbonyl (C=O) groups excluding carboxylic acids is 2. The number of furan rings is 1. The summed E-state index contributed by atoms with van der Waals surface area (Å²) in [5.41, 5.74) is 1.73. The molecule has 1 atom stereocenters. The van der Waals surface area contributed by atoms with Gasteiger partial charge < -0.3 is 18.8 Å². The Morgan fingerprint density at radius 1 is 1.14 bits per heavy atom. The highest BCUT2D eigenvalue weighted by atomic mass is 19.1. The van der Waals surface area contributed by atoms with Gasteiger partial charge in [0.2, 0.25) is 0 Å². The van der Waals surface area contributed by atoms with Gasteiger partial charge in [-0.3, -0.25) is 9.59 Å². The normalized spacial score (nSPS) is 15.1. The van der Waals surface area contributed by atoms with Gasteiger partial charge >= 0.3 is 0 Å². The molecule has 182 valence electrons. The Morgan fingerprint density at radius 2 is 1.97 bits per heavy atom. The number of hydrazone groups is 1. The average Bonchev–Trinajstić information content (AvgIpc) is 3.57. The molecule has 1 aliphatic heterocycles. The van der Waals surface area contributed by atoms with Gasteiger partial charge in [-0.15, -0.1) is 0 Å². The van der Waals surface area contributed by atoms with Crippen molar-refractivity contribution in [1.29, 1.82) is 0 Å². The molecule has 2 amide bonds. The van der Waals surface area contributed by atoms with E-state index in [2.05, 4.69) is 5.10 Å². The van der Waals surface area contributed by atoms with E-state index in [-0.39, 0.29) is 25.5 Å². The van der Waals surface area contributed by atoms with Crippen LogP contribution in [0.2, 0.25) is 0 Å². The van der Waals surface area contributed by atoms with Crippen LogP contribution in [0.5, 0.6) is 5.75 Å². The van der Waals surface area contributed by atoms with Crippen LogP contribution < -0.4 is 4.74 Å². The number of amides is 2. The molecule has 9 heteroatoms. The zero-order chi connectivity index (χ0) is 24.8. The molecular weight excluding hydrogens is 453 g/mol. The molecule has 3 aromatic rings. The minimum Gasteiger partial charge on any atom is -0.497 e. The Morgan fingerprint density at radius 3 is 2.69 bits per heavy atom. The fourth-order valence-electron chi connectivity index (χ4n) is 3.95. The lowest BCUT2D eigenvalue weighted by Gasteiger charge is -2.26. The fourth-order valence-corrected chi connectivity index (χ4v) is 3.95. The smallest absolute Gasteiger partial charge is 0.290 e. The zero-order valence-corrected chi connectivity index (χ0v) is 19.5. The summed E-state index contributed by atoms with van der Waals surface area (Å²) in [5.74, 6) is -0.569. The molecule has 4 rings (SSSR count). The van der Waals surface area contributed by atoms with E-state index in [4.69, 9.17) is 13.9 Å². The van der Waals surface area contributed by atoms with Crippen LogP contribution >= 0.6 is 0 Å². The predicted octanol–water partition coefficient (Wildman–Crippen LogP) is 3.89. The van der Waals surface area contributed by atoms with Crippen LogP contribution in [0.1, 0.15) is 34.1 Å². The molecule has 0 saturated heterocycles. The molecule has 1 aromatic heterocycles. The van der Waals surface area contributed by atoms with Crippen molar-refractivity contribution in [1.82, 2.24) is 9.91 Å². The largest absolute Gasteiger partial charge is 0.497 e. The maximum absolute atomic E-state index is 14.8. The van der Waals surface area contributed by atoms with Gasteiger partial charge in [-0.05, 0) is 30.3 Å². The second-order valence-corrected chi connectivity index (χ2v) is 7.96. The SMILES string of the molecule is COCCN(CC(=O)N1N=C(c2cccc(OC)c2)C[C@@H]1c1ccccc1F)C(=O)c1ccco1. The minimum atomic E-state index is -0.659. The van der Waals surface area contributed by atoms with E-state index in [9.17, 15) is 14.0 Å². The first-order chi connectivity index (χ1) is 17.0. The van der Waals surface area contributed by atoms with E-state index in [0.29, 0.717) is 23.4 Å². The second-order valence-electron chi connectivity index (χ2n) is 7.96. The van der Waals surface area contributed by atoms with Gasteiger partial charge in [0, 0.05) is 31.2 Å². The number of nitrogens with zero attached hydrogens (tertiary/aromatic N) is 3. The molecule has 0 saturated carbocycles. The molecule has 0 spiro atoms. The molecule has 0 N–H and O–H groups in total. The first-order valence-electron chi connectivity index (χ1n) is 11.1. The molecule has 8 nitrogen and oxygen atoms in total. The van der Waals surface area contributed by atoms with E-state index in [1.54, 1.807) is 31.4 Å². The number of ether oxygens (including phenoxy) is 2. The maximum Gasteiger partial charge on any atom is 0.290 e. The van der Waals surface area contributed by atoms with Crippen LogP contribution in [0.15, 0.2) is 76.4 Å². The highest BCUT2D eigenvalue weighted by Crippen LogP contribution is 2.34. The van der Waals surface area contributed by atoms with Gasteiger partial charge in [0.1, 0.15) is 18.1 Å². The molecule has 1 aliphatic rings. The third kappa shape index (κ3) is 5.41. The van der Waals surface area contributed by atoms with Crippen molar-refractivity contribution in [2.24, 2.45) is 5.10 Å². The number of benzene rings is 2. The number of methoxy groups -OCH3 is 2. The van der Waals surface area contributed by atoms with Crippen molar-refractivity contribution in [2.45, 2.75) is 12.5 Å². The predicted molar refractivity (Wildman–Crippen MR) is 127 cm³/mol. The van der Waals surface area contributed by atoms with Crippen LogP contribution in [0.3, 0.4) is 0 Å². The molecule has 0 bridgehead atoms. The van der Waals surface area contributed by atoms with Crippen LogP contribution in [-0.4, -0.2) is 61.4 Å². The van der Waals surface area contributed by atoms with Gasteiger partial charge in [0.05, 0.1) is 31.7 Å². The molecule has 35 heavy (non-hydrogen) atoms. The summed E-state index contributed by atoms with van der Waals surface area (Å²) >= 11 is 0. The number of rotatable bonds is 9.